The maximum atomic E-state index is 13.1. The molecule has 1 aromatic heterocycles. The summed E-state index contributed by atoms with van der Waals surface area (Å²) in [6.45, 7) is 3.73. The lowest BCUT2D eigenvalue weighted by Gasteiger charge is -2.13. The number of nitrogens with zero attached hydrogens (tertiary/aromatic N) is 4. The standard InChI is InChI=1S/C21H18BrClN4O3/c1-12(2)20-26-17-5-4-14(22)10-15(17)21(28)27(20)25-11-13-8-16(23)19(30-7-6-24)18(9-13)29-3/h4-5,8-12H,7H2,1-3H3. The van der Waals surface area contributed by atoms with Crippen LogP contribution in [0.15, 0.2) is 44.7 Å². The van der Waals surface area contributed by atoms with Crippen LogP contribution in [-0.2, 0) is 0 Å². The number of fused-ring (bicyclic) bond motifs is 1. The lowest BCUT2D eigenvalue weighted by Crippen LogP contribution is -2.23. The first-order chi connectivity index (χ1) is 14.3. The highest BCUT2D eigenvalue weighted by Crippen LogP contribution is 2.36. The minimum absolute atomic E-state index is 0.0252. The minimum Gasteiger partial charge on any atom is -0.493 e. The second-order valence-electron chi connectivity index (χ2n) is 6.63. The number of halogens is 2. The molecule has 0 aliphatic rings. The van der Waals surface area contributed by atoms with Crippen LogP contribution in [0.5, 0.6) is 11.5 Å². The maximum Gasteiger partial charge on any atom is 0.282 e. The summed E-state index contributed by atoms with van der Waals surface area (Å²) in [5.41, 5.74) is 0.937. The Bertz CT molecular complexity index is 1230. The van der Waals surface area contributed by atoms with E-state index in [4.69, 9.17) is 26.3 Å². The van der Waals surface area contributed by atoms with Crippen molar-refractivity contribution < 1.29 is 9.47 Å². The van der Waals surface area contributed by atoms with Crippen molar-refractivity contribution in [3.05, 3.63) is 61.6 Å². The highest BCUT2D eigenvalue weighted by atomic mass is 79.9. The van der Waals surface area contributed by atoms with Crippen molar-refractivity contribution in [1.29, 1.82) is 5.26 Å². The van der Waals surface area contributed by atoms with Crippen LogP contribution in [0.25, 0.3) is 10.9 Å². The van der Waals surface area contributed by atoms with Crippen LogP contribution >= 0.6 is 27.5 Å². The molecular weight excluding hydrogens is 472 g/mol. The third-order valence-electron chi connectivity index (χ3n) is 4.20. The molecule has 0 aliphatic heterocycles. The fourth-order valence-electron chi connectivity index (χ4n) is 2.83. The average molecular weight is 490 g/mol. The Morgan fingerprint density at radius 3 is 2.80 bits per heavy atom. The maximum absolute atomic E-state index is 13.1. The van der Waals surface area contributed by atoms with Gasteiger partial charge in [0.2, 0.25) is 0 Å². The van der Waals surface area contributed by atoms with Crippen LogP contribution in [-0.4, -0.2) is 29.6 Å². The number of rotatable bonds is 6. The van der Waals surface area contributed by atoms with Crippen molar-refractivity contribution in [3.63, 3.8) is 0 Å². The van der Waals surface area contributed by atoms with Gasteiger partial charge in [-0.1, -0.05) is 41.4 Å². The number of aromatic nitrogens is 2. The van der Waals surface area contributed by atoms with Crippen molar-refractivity contribution in [2.75, 3.05) is 13.7 Å². The predicted octanol–water partition coefficient (Wildman–Crippen LogP) is 4.73. The highest BCUT2D eigenvalue weighted by molar-refractivity contribution is 9.10. The van der Waals surface area contributed by atoms with E-state index < -0.39 is 0 Å². The number of methoxy groups -OCH3 is 1. The molecule has 0 saturated heterocycles. The molecule has 0 spiro atoms. The van der Waals surface area contributed by atoms with Gasteiger partial charge in [0.25, 0.3) is 5.56 Å². The highest BCUT2D eigenvalue weighted by Gasteiger charge is 2.15. The molecule has 0 fully saturated rings. The van der Waals surface area contributed by atoms with Crippen molar-refractivity contribution in [2.24, 2.45) is 5.10 Å². The van der Waals surface area contributed by atoms with Crippen molar-refractivity contribution in [2.45, 2.75) is 19.8 Å². The Hall–Kier alpha value is -2.89. The van der Waals surface area contributed by atoms with Gasteiger partial charge in [0.1, 0.15) is 11.9 Å². The molecule has 1 heterocycles. The zero-order valence-corrected chi connectivity index (χ0v) is 18.9. The van der Waals surface area contributed by atoms with Gasteiger partial charge in [0, 0.05) is 10.4 Å². The first kappa shape index (κ1) is 21.8. The molecule has 0 bridgehead atoms. The van der Waals surface area contributed by atoms with Gasteiger partial charge in [-0.3, -0.25) is 4.79 Å². The van der Waals surface area contributed by atoms with Crippen molar-refractivity contribution >= 4 is 44.6 Å². The molecule has 0 radical (unpaired) electrons. The summed E-state index contributed by atoms with van der Waals surface area (Å²) in [5.74, 6) is 1.15. The van der Waals surface area contributed by atoms with Crippen LogP contribution in [0.4, 0.5) is 0 Å². The monoisotopic (exact) mass is 488 g/mol. The second-order valence-corrected chi connectivity index (χ2v) is 7.95. The van der Waals surface area contributed by atoms with Gasteiger partial charge in [-0.2, -0.15) is 15.0 Å². The first-order valence-corrected chi connectivity index (χ1v) is 10.2. The summed E-state index contributed by atoms with van der Waals surface area (Å²) in [7, 11) is 1.47. The van der Waals surface area contributed by atoms with Gasteiger partial charge in [-0.15, -0.1) is 0 Å². The van der Waals surface area contributed by atoms with E-state index in [0.717, 1.165) is 4.47 Å². The van der Waals surface area contributed by atoms with Gasteiger partial charge in [-0.25, -0.2) is 4.98 Å². The molecule has 9 heteroatoms. The predicted molar refractivity (Wildman–Crippen MR) is 120 cm³/mol. The molecule has 0 saturated carbocycles. The molecule has 0 N–H and O–H groups in total. The summed E-state index contributed by atoms with van der Waals surface area (Å²) in [6, 6.07) is 10.5. The Labute approximate surface area is 186 Å². The van der Waals surface area contributed by atoms with Crippen LogP contribution in [0.3, 0.4) is 0 Å². The van der Waals surface area contributed by atoms with Gasteiger partial charge in [-0.05, 0) is 35.9 Å². The molecular formula is C21H18BrClN4O3. The summed E-state index contributed by atoms with van der Waals surface area (Å²) < 4.78 is 12.7. The minimum atomic E-state index is -0.270. The fraction of sp³-hybridized carbons (Fsp3) is 0.238. The largest absolute Gasteiger partial charge is 0.493 e. The Balaban J connectivity index is 2.10. The SMILES string of the molecule is COc1cc(C=Nn2c(C(C)C)nc3ccc(Br)cc3c2=O)cc(Cl)c1OCC#N. The molecule has 30 heavy (non-hydrogen) atoms. The summed E-state index contributed by atoms with van der Waals surface area (Å²) in [5, 5.41) is 13.8. The van der Waals surface area contributed by atoms with Crippen LogP contribution in [0.2, 0.25) is 5.02 Å². The molecule has 3 rings (SSSR count). The molecule has 0 atom stereocenters. The van der Waals surface area contributed by atoms with Gasteiger partial charge < -0.3 is 9.47 Å². The number of ether oxygens (including phenoxy) is 2. The first-order valence-electron chi connectivity index (χ1n) is 8.99. The van der Waals surface area contributed by atoms with E-state index >= 15 is 0 Å². The average Bonchev–Trinajstić information content (AvgIpc) is 2.72. The number of hydrogen-bond donors (Lipinski definition) is 0. The topological polar surface area (TPSA) is 89.5 Å². The van der Waals surface area contributed by atoms with E-state index in [9.17, 15) is 4.79 Å². The van der Waals surface area contributed by atoms with Crippen LogP contribution in [0, 0.1) is 11.3 Å². The van der Waals surface area contributed by atoms with Gasteiger partial charge >= 0.3 is 0 Å². The molecule has 0 unspecified atom stereocenters. The summed E-state index contributed by atoms with van der Waals surface area (Å²) in [6.07, 6.45) is 1.50. The van der Waals surface area contributed by atoms with E-state index in [1.807, 2.05) is 26.0 Å². The lowest BCUT2D eigenvalue weighted by molar-refractivity contribution is 0.330. The Morgan fingerprint density at radius 2 is 2.13 bits per heavy atom. The van der Waals surface area contributed by atoms with Crippen LogP contribution in [0.1, 0.15) is 31.2 Å². The molecule has 154 valence electrons. The zero-order valence-electron chi connectivity index (χ0n) is 16.5. The summed E-state index contributed by atoms with van der Waals surface area (Å²) >= 11 is 9.67. The van der Waals surface area contributed by atoms with Crippen molar-refractivity contribution in [1.82, 2.24) is 9.66 Å². The normalized spacial score (nSPS) is 11.2. The van der Waals surface area contributed by atoms with E-state index in [-0.39, 0.29) is 28.9 Å². The lowest BCUT2D eigenvalue weighted by atomic mass is 10.2. The van der Waals surface area contributed by atoms with Crippen molar-refractivity contribution in [3.8, 4) is 17.6 Å². The molecule has 0 amide bonds. The Kier molecular flexibility index (Phi) is 6.75. The quantitative estimate of drug-likeness (QED) is 0.467. The third-order valence-corrected chi connectivity index (χ3v) is 4.98. The molecule has 7 nitrogen and oxygen atoms in total. The van der Waals surface area contributed by atoms with Gasteiger partial charge in [0.05, 0.1) is 29.2 Å². The van der Waals surface area contributed by atoms with E-state index in [1.54, 1.807) is 24.3 Å². The Morgan fingerprint density at radius 1 is 1.37 bits per heavy atom. The van der Waals surface area contributed by atoms with E-state index in [0.29, 0.717) is 28.0 Å². The smallest absolute Gasteiger partial charge is 0.282 e. The second kappa shape index (κ2) is 9.28. The number of benzene rings is 2. The van der Waals surface area contributed by atoms with Crippen LogP contribution < -0.4 is 15.0 Å². The number of nitriles is 1. The number of hydrogen-bond acceptors (Lipinski definition) is 6. The van der Waals surface area contributed by atoms with Gasteiger partial charge in [0.15, 0.2) is 18.1 Å². The fourth-order valence-corrected chi connectivity index (χ4v) is 3.47. The molecule has 2 aromatic carbocycles. The molecule has 3 aromatic rings. The zero-order chi connectivity index (χ0) is 21.8. The summed E-state index contributed by atoms with van der Waals surface area (Å²) in [4.78, 5) is 17.7. The third kappa shape index (κ3) is 4.48. The van der Waals surface area contributed by atoms with E-state index in [1.165, 1.54) is 18.0 Å². The molecule has 0 aliphatic carbocycles. The van der Waals surface area contributed by atoms with E-state index in [2.05, 4.69) is 26.0 Å².